The standard InChI is InChI=1S/C27H39NO7/c1-17-14-18(2)27(35-25(32)13-8-6-5-7-12-22(34-4)26(17)33)19(3)21(29)11-9-10-20-15-23(30)28-24(31)16-20/h7-8,12-14,17,19-20,22,26-27,33H,5-6,9-11,15-16H2,1-4H3,(H,28,30,31)/t17-,19-,22+,26+,27+/m1/s1. The normalized spacial score (nSPS) is 28.0. The van der Waals surface area contributed by atoms with Crippen LogP contribution in [0.25, 0.3) is 0 Å². The number of carbonyl (C=O) groups excluding carboxylic acids is 4. The molecule has 5 atom stereocenters. The van der Waals surface area contributed by atoms with E-state index in [2.05, 4.69) is 5.32 Å². The van der Waals surface area contributed by atoms with Gasteiger partial charge in [-0.3, -0.25) is 19.7 Å². The second kappa shape index (κ2) is 14.1. The van der Waals surface area contributed by atoms with E-state index in [0.29, 0.717) is 44.1 Å². The third kappa shape index (κ3) is 9.18. The van der Waals surface area contributed by atoms with E-state index in [4.69, 9.17) is 9.47 Å². The highest BCUT2D eigenvalue weighted by atomic mass is 16.5. The molecule has 0 aliphatic carbocycles. The number of carbonyl (C=O) groups is 4. The lowest BCUT2D eigenvalue weighted by Crippen LogP contribution is -2.38. The second-order valence-corrected chi connectivity index (χ2v) is 9.62. The van der Waals surface area contributed by atoms with Crippen LogP contribution in [0.3, 0.4) is 0 Å². The number of hydrogen-bond acceptors (Lipinski definition) is 7. The number of piperidine rings is 1. The number of amides is 2. The van der Waals surface area contributed by atoms with E-state index >= 15 is 0 Å². The molecule has 35 heavy (non-hydrogen) atoms. The monoisotopic (exact) mass is 489 g/mol. The minimum atomic E-state index is -0.803. The summed E-state index contributed by atoms with van der Waals surface area (Å²) in [6, 6.07) is 0. The van der Waals surface area contributed by atoms with Crippen molar-refractivity contribution in [1.29, 1.82) is 0 Å². The fraction of sp³-hybridized carbons (Fsp3) is 0.630. The average molecular weight is 490 g/mol. The maximum absolute atomic E-state index is 13.0. The van der Waals surface area contributed by atoms with Crippen molar-refractivity contribution in [3.05, 3.63) is 36.0 Å². The molecule has 8 nitrogen and oxygen atoms in total. The van der Waals surface area contributed by atoms with Crippen molar-refractivity contribution in [2.75, 3.05) is 7.11 Å². The van der Waals surface area contributed by atoms with E-state index < -0.39 is 30.2 Å². The molecule has 0 bridgehead atoms. The van der Waals surface area contributed by atoms with Crippen LogP contribution >= 0.6 is 0 Å². The summed E-state index contributed by atoms with van der Waals surface area (Å²) in [5.74, 6) is -2.06. The fourth-order valence-electron chi connectivity index (χ4n) is 4.61. The van der Waals surface area contributed by atoms with Gasteiger partial charge < -0.3 is 14.6 Å². The number of methoxy groups -OCH3 is 1. The SMILES string of the molecule is CO[C@H]1C=CCCC=CC(=O)O[C@H]([C@H](C)C(=O)CCCC2CC(=O)NC(=O)C2)C(C)=C[C@@H](C)[C@@H]1O. The highest BCUT2D eigenvalue weighted by molar-refractivity contribution is 5.97. The number of hydrogen-bond donors (Lipinski definition) is 2. The highest BCUT2D eigenvalue weighted by Crippen LogP contribution is 2.25. The topological polar surface area (TPSA) is 119 Å². The molecule has 0 spiro atoms. The van der Waals surface area contributed by atoms with Crippen LogP contribution in [0.5, 0.6) is 0 Å². The summed E-state index contributed by atoms with van der Waals surface area (Å²) >= 11 is 0. The molecule has 0 aromatic rings. The van der Waals surface area contributed by atoms with Gasteiger partial charge in [-0.25, -0.2) is 4.79 Å². The number of nitrogens with one attached hydrogen (secondary N) is 1. The largest absolute Gasteiger partial charge is 0.454 e. The first kappa shape index (κ1) is 28.7. The van der Waals surface area contributed by atoms with Gasteiger partial charge in [0.05, 0.1) is 12.0 Å². The van der Waals surface area contributed by atoms with E-state index in [0.717, 1.165) is 0 Å². The van der Waals surface area contributed by atoms with E-state index in [1.165, 1.54) is 6.08 Å². The van der Waals surface area contributed by atoms with E-state index in [-0.39, 0.29) is 35.9 Å². The summed E-state index contributed by atoms with van der Waals surface area (Å²) in [4.78, 5) is 48.6. The lowest BCUT2D eigenvalue weighted by Gasteiger charge is -2.27. The number of allylic oxidation sites excluding steroid dienone is 2. The molecule has 0 aromatic heterocycles. The van der Waals surface area contributed by atoms with Gasteiger partial charge in [-0.15, -0.1) is 0 Å². The molecule has 2 rings (SSSR count). The van der Waals surface area contributed by atoms with Gasteiger partial charge in [0, 0.05) is 38.4 Å². The average Bonchev–Trinajstić information content (AvgIpc) is 2.79. The first-order chi connectivity index (χ1) is 16.6. The molecule has 1 saturated heterocycles. The van der Waals surface area contributed by atoms with Crippen LogP contribution in [0.2, 0.25) is 0 Å². The Balaban J connectivity index is 2.11. The molecule has 2 amide bonds. The molecule has 0 saturated carbocycles. The third-order valence-corrected chi connectivity index (χ3v) is 6.67. The van der Waals surface area contributed by atoms with E-state index in [1.54, 1.807) is 27.0 Å². The molecule has 2 aliphatic rings. The van der Waals surface area contributed by atoms with Crippen LogP contribution in [0.15, 0.2) is 36.0 Å². The van der Waals surface area contributed by atoms with Crippen LogP contribution in [0.4, 0.5) is 0 Å². The van der Waals surface area contributed by atoms with Crippen LogP contribution in [0, 0.1) is 17.8 Å². The molecule has 2 N–H and O–H groups in total. The first-order valence-corrected chi connectivity index (χ1v) is 12.4. The quantitative estimate of drug-likeness (QED) is 0.320. The van der Waals surface area contributed by atoms with Crippen LogP contribution in [-0.2, 0) is 28.7 Å². The van der Waals surface area contributed by atoms with Gasteiger partial charge in [0.1, 0.15) is 18.0 Å². The number of aliphatic hydroxyl groups is 1. The number of aliphatic hydroxyl groups excluding tert-OH is 1. The third-order valence-electron chi connectivity index (χ3n) is 6.67. The summed E-state index contributed by atoms with van der Waals surface area (Å²) in [5, 5.41) is 13.1. The minimum Gasteiger partial charge on any atom is -0.454 e. The lowest BCUT2D eigenvalue weighted by molar-refractivity contribution is -0.145. The van der Waals surface area contributed by atoms with Gasteiger partial charge in [0.15, 0.2) is 0 Å². The van der Waals surface area contributed by atoms with Crippen molar-refractivity contribution in [2.45, 2.75) is 84.0 Å². The van der Waals surface area contributed by atoms with Crippen LogP contribution in [0.1, 0.15) is 65.7 Å². The minimum absolute atomic E-state index is 0.0524. The van der Waals surface area contributed by atoms with Gasteiger partial charge in [0.2, 0.25) is 11.8 Å². The fourth-order valence-corrected chi connectivity index (χ4v) is 4.61. The molecule has 8 heteroatoms. The Labute approximate surface area is 207 Å². The maximum Gasteiger partial charge on any atom is 0.331 e. The number of cyclic esters (lactones) is 1. The summed E-state index contributed by atoms with van der Waals surface area (Å²) in [6.07, 6.45) is 9.96. The first-order valence-electron chi connectivity index (χ1n) is 12.4. The Morgan fingerprint density at radius 2 is 1.86 bits per heavy atom. The summed E-state index contributed by atoms with van der Waals surface area (Å²) in [5.41, 5.74) is 0.685. The molecule has 0 aromatic carbocycles. The maximum atomic E-state index is 13.0. The number of imide groups is 1. The van der Waals surface area contributed by atoms with Crippen molar-refractivity contribution in [3.8, 4) is 0 Å². The number of ketones is 1. The molecule has 2 aliphatic heterocycles. The Hall–Kier alpha value is -2.58. The zero-order valence-electron chi connectivity index (χ0n) is 21.2. The van der Waals surface area contributed by atoms with Crippen molar-refractivity contribution in [1.82, 2.24) is 5.32 Å². The molecule has 194 valence electrons. The zero-order valence-corrected chi connectivity index (χ0v) is 21.2. The van der Waals surface area contributed by atoms with Crippen molar-refractivity contribution in [2.24, 2.45) is 17.8 Å². The molecule has 0 radical (unpaired) electrons. The lowest BCUT2D eigenvalue weighted by atomic mass is 9.86. The van der Waals surface area contributed by atoms with Crippen molar-refractivity contribution >= 4 is 23.6 Å². The van der Waals surface area contributed by atoms with Gasteiger partial charge in [-0.1, -0.05) is 38.2 Å². The summed E-state index contributed by atoms with van der Waals surface area (Å²) in [7, 11) is 1.55. The predicted molar refractivity (Wildman–Crippen MR) is 131 cm³/mol. The van der Waals surface area contributed by atoms with Gasteiger partial charge in [0.25, 0.3) is 0 Å². The van der Waals surface area contributed by atoms with Crippen LogP contribution < -0.4 is 5.32 Å². The van der Waals surface area contributed by atoms with E-state index in [9.17, 15) is 24.3 Å². The summed E-state index contributed by atoms with van der Waals surface area (Å²) < 4.78 is 11.1. The Morgan fingerprint density at radius 1 is 1.20 bits per heavy atom. The molecular formula is C27H39NO7. The number of Topliss-reactive ketones (excluding diaryl/α,β-unsaturated/α-hetero) is 1. The Bertz CT molecular complexity index is 844. The number of ether oxygens (including phenoxy) is 2. The molecule has 1 fully saturated rings. The Kier molecular flexibility index (Phi) is 11.5. The van der Waals surface area contributed by atoms with Crippen LogP contribution in [-0.4, -0.2) is 54.1 Å². The number of rotatable bonds is 7. The molecule has 0 unspecified atom stereocenters. The highest BCUT2D eigenvalue weighted by Gasteiger charge is 2.31. The molecular weight excluding hydrogens is 450 g/mol. The molecule has 2 heterocycles. The zero-order chi connectivity index (χ0) is 26.0. The predicted octanol–water partition coefficient (Wildman–Crippen LogP) is 3.19. The smallest absolute Gasteiger partial charge is 0.331 e. The van der Waals surface area contributed by atoms with Gasteiger partial charge in [-0.05, 0) is 44.1 Å². The second-order valence-electron chi connectivity index (χ2n) is 9.62. The Morgan fingerprint density at radius 3 is 2.51 bits per heavy atom. The van der Waals surface area contributed by atoms with Gasteiger partial charge >= 0.3 is 5.97 Å². The summed E-state index contributed by atoms with van der Waals surface area (Å²) in [6.45, 7) is 5.39. The van der Waals surface area contributed by atoms with E-state index in [1.807, 2.05) is 25.2 Å². The van der Waals surface area contributed by atoms with Gasteiger partial charge in [-0.2, -0.15) is 0 Å². The van der Waals surface area contributed by atoms with Crippen molar-refractivity contribution in [3.63, 3.8) is 0 Å². The number of esters is 1. The van der Waals surface area contributed by atoms with Crippen molar-refractivity contribution < 1.29 is 33.8 Å².